The molecule has 0 radical (unpaired) electrons. The van der Waals surface area contributed by atoms with Gasteiger partial charge in [0.25, 0.3) is 0 Å². The van der Waals surface area contributed by atoms with Gasteiger partial charge < -0.3 is 14.6 Å². The van der Waals surface area contributed by atoms with Gasteiger partial charge in [0, 0.05) is 10.6 Å². The van der Waals surface area contributed by atoms with Gasteiger partial charge in [0.05, 0.1) is 5.60 Å². The fourth-order valence-electron chi connectivity index (χ4n) is 2.22. The topological polar surface area (TPSA) is 38.7 Å². The lowest BCUT2D eigenvalue weighted by molar-refractivity contribution is 0.0839. The van der Waals surface area contributed by atoms with E-state index in [-0.39, 0.29) is 0 Å². The van der Waals surface area contributed by atoms with Crippen molar-refractivity contribution in [1.29, 1.82) is 0 Å². The summed E-state index contributed by atoms with van der Waals surface area (Å²) >= 11 is 1.61. The molecule has 1 atom stereocenters. The molecule has 0 bridgehead atoms. The molecule has 2 aromatic rings. The Morgan fingerprint density at radius 1 is 1.05 bits per heavy atom. The van der Waals surface area contributed by atoms with Gasteiger partial charge in [0.1, 0.15) is 13.2 Å². The zero-order valence-electron chi connectivity index (χ0n) is 11.9. The first kappa shape index (κ1) is 14.3. The summed E-state index contributed by atoms with van der Waals surface area (Å²) in [6.07, 6.45) is 0. The van der Waals surface area contributed by atoms with Gasteiger partial charge in [0.2, 0.25) is 0 Å². The minimum Gasteiger partial charge on any atom is -0.486 e. The average Bonchev–Trinajstić information content (AvgIpc) is 2.54. The van der Waals surface area contributed by atoms with Crippen molar-refractivity contribution in [1.82, 2.24) is 0 Å². The molecule has 0 aliphatic carbocycles. The summed E-state index contributed by atoms with van der Waals surface area (Å²) in [5.74, 6) is 2.16. The zero-order valence-corrected chi connectivity index (χ0v) is 12.7. The van der Waals surface area contributed by atoms with Crippen molar-refractivity contribution in [3.8, 4) is 11.5 Å². The maximum atomic E-state index is 10.6. The third kappa shape index (κ3) is 3.34. The summed E-state index contributed by atoms with van der Waals surface area (Å²) in [5, 5.41) is 10.6. The van der Waals surface area contributed by atoms with Crippen LogP contribution in [0.1, 0.15) is 12.5 Å². The summed E-state index contributed by atoms with van der Waals surface area (Å²) in [6, 6.07) is 15.6. The van der Waals surface area contributed by atoms with Crippen molar-refractivity contribution in [2.75, 3.05) is 19.0 Å². The number of ether oxygens (including phenoxy) is 2. The molecular formula is C17H18O3S. The van der Waals surface area contributed by atoms with Gasteiger partial charge in [-0.15, -0.1) is 11.8 Å². The molecule has 1 aliphatic heterocycles. The van der Waals surface area contributed by atoms with E-state index in [1.54, 1.807) is 11.8 Å². The van der Waals surface area contributed by atoms with Crippen molar-refractivity contribution < 1.29 is 14.6 Å². The Bertz CT molecular complexity index is 611. The smallest absolute Gasteiger partial charge is 0.162 e. The lowest BCUT2D eigenvalue weighted by atomic mass is 9.99. The van der Waals surface area contributed by atoms with E-state index in [4.69, 9.17) is 9.47 Å². The van der Waals surface area contributed by atoms with Gasteiger partial charge in [-0.05, 0) is 30.7 Å². The van der Waals surface area contributed by atoms with Crippen molar-refractivity contribution in [3.05, 3.63) is 54.1 Å². The molecule has 0 fully saturated rings. The molecule has 21 heavy (non-hydrogen) atoms. The summed E-state index contributed by atoms with van der Waals surface area (Å²) < 4.78 is 11.1. The molecule has 0 amide bonds. The fourth-order valence-corrected chi connectivity index (χ4v) is 3.19. The number of hydrogen-bond donors (Lipinski definition) is 1. The lowest BCUT2D eigenvalue weighted by Crippen LogP contribution is -2.24. The minimum absolute atomic E-state index is 0.580. The number of benzene rings is 2. The zero-order chi connectivity index (χ0) is 14.7. The Labute approximate surface area is 128 Å². The Hall–Kier alpha value is -1.65. The van der Waals surface area contributed by atoms with Gasteiger partial charge in [-0.2, -0.15) is 0 Å². The molecule has 1 aliphatic rings. The van der Waals surface area contributed by atoms with Crippen LogP contribution in [0.4, 0.5) is 0 Å². The molecule has 3 nitrogen and oxygen atoms in total. The van der Waals surface area contributed by atoms with Crippen LogP contribution in [0.5, 0.6) is 11.5 Å². The molecule has 4 heteroatoms. The van der Waals surface area contributed by atoms with Crippen molar-refractivity contribution in [2.45, 2.75) is 17.4 Å². The van der Waals surface area contributed by atoms with Gasteiger partial charge in [-0.25, -0.2) is 0 Å². The fraction of sp³-hybridized carbons (Fsp3) is 0.294. The monoisotopic (exact) mass is 302 g/mol. The summed E-state index contributed by atoms with van der Waals surface area (Å²) in [5.41, 5.74) is 0.0640. The van der Waals surface area contributed by atoms with E-state index in [2.05, 4.69) is 0 Å². The highest BCUT2D eigenvalue weighted by Crippen LogP contribution is 2.36. The Balaban J connectivity index is 1.70. The SMILES string of the molecule is CC(O)(CSc1ccc2c(c1)OCCO2)c1ccccc1. The van der Waals surface area contributed by atoms with Crippen molar-refractivity contribution >= 4 is 11.8 Å². The predicted molar refractivity (Wildman–Crippen MR) is 84.2 cm³/mol. The molecule has 2 aromatic carbocycles. The second-order valence-corrected chi connectivity index (χ2v) is 6.28. The van der Waals surface area contributed by atoms with E-state index >= 15 is 0 Å². The van der Waals surface area contributed by atoms with E-state index in [9.17, 15) is 5.11 Å². The number of hydrogen-bond acceptors (Lipinski definition) is 4. The predicted octanol–water partition coefficient (Wildman–Crippen LogP) is 3.46. The van der Waals surface area contributed by atoms with Crippen LogP contribution in [0.25, 0.3) is 0 Å². The van der Waals surface area contributed by atoms with Crippen LogP contribution in [-0.4, -0.2) is 24.1 Å². The molecule has 1 N–H and O–H groups in total. The second-order valence-electron chi connectivity index (χ2n) is 5.23. The van der Waals surface area contributed by atoms with E-state index in [0.717, 1.165) is 22.0 Å². The highest BCUT2D eigenvalue weighted by Gasteiger charge is 2.23. The molecular weight excluding hydrogens is 284 g/mol. The minimum atomic E-state index is -0.862. The van der Waals surface area contributed by atoms with Gasteiger partial charge in [0.15, 0.2) is 11.5 Å². The average molecular weight is 302 g/mol. The maximum absolute atomic E-state index is 10.6. The molecule has 0 aromatic heterocycles. The van der Waals surface area contributed by atoms with E-state index in [1.165, 1.54) is 0 Å². The third-order valence-corrected chi connectivity index (χ3v) is 4.72. The highest BCUT2D eigenvalue weighted by atomic mass is 32.2. The lowest BCUT2D eigenvalue weighted by Gasteiger charge is -2.24. The maximum Gasteiger partial charge on any atom is 0.162 e. The third-order valence-electron chi connectivity index (χ3n) is 3.43. The van der Waals surface area contributed by atoms with Gasteiger partial charge >= 0.3 is 0 Å². The van der Waals surface area contributed by atoms with Crippen LogP contribution in [0.3, 0.4) is 0 Å². The van der Waals surface area contributed by atoms with Crippen LogP contribution in [-0.2, 0) is 5.60 Å². The van der Waals surface area contributed by atoms with E-state index < -0.39 is 5.60 Å². The summed E-state index contributed by atoms with van der Waals surface area (Å²) in [7, 11) is 0. The van der Waals surface area contributed by atoms with Gasteiger partial charge in [-0.3, -0.25) is 0 Å². The van der Waals surface area contributed by atoms with E-state index in [1.807, 2.05) is 55.5 Å². The second kappa shape index (κ2) is 6.00. The highest BCUT2D eigenvalue weighted by molar-refractivity contribution is 7.99. The van der Waals surface area contributed by atoms with Crippen LogP contribution < -0.4 is 9.47 Å². The van der Waals surface area contributed by atoms with Crippen molar-refractivity contribution in [2.24, 2.45) is 0 Å². The van der Waals surface area contributed by atoms with Crippen LogP contribution in [0.15, 0.2) is 53.4 Å². The van der Waals surface area contributed by atoms with Gasteiger partial charge in [-0.1, -0.05) is 30.3 Å². The molecule has 1 unspecified atom stereocenters. The summed E-state index contributed by atoms with van der Waals surface area (Å²) in [6.45, 7) is 3.03. The molecule has 1 heterocycles. The first-order chi connectivity index (χ1) is 10.1. The number of thioether (sulfide) groups is 1. The molecule has 0 saturated carbocycles. The van der Waals surface area contributed by atoms with Crippen LogP contribution in [0, 0.1) is 0 Å². The number of rotatable bonds is 4. The Kier molecular flexibility index (Phi) is 4.08. The largest absolute Gasteiger partial charge is 0.486 e. The van der Waals surface area contributed by atoms with Crippen LogP contribution in [0.2, 0.25) is 0 Å². The first-order valence-corrected chi connectivity index (χ1v) is 7.94. The Morgan fingerprint density at radius 2 is 1.76 bits per heavy atom. The normalized spacial score (nSPS) is 16.3. The molecule has 0 spiro atoms. The summed E-state index contributed by atoms with van der Waals surface area (Å²) in [4.78, 5) is 1.07. The molecule has 3 rings (SSSR count). The van der Waals surface area contributed by atoms with E-state index in [0.29, 0.717) is 19.0 Å². The van der Waals surface area contributed by atoms with Crippen LogP contribution >= 0.6 is 11.8 Å². The Morgan fingerprint density at radius 3 is 2.52 bits per heavy atom. The first-order valence-electron chi connectivity index (χ1n) is 6.95. The van der Waals surface area contributed by atoms with Crippen molar-refractivity contribution in [3.63, 3.8) is 0 Å². The molecule has 0 saturated heterocycles. The standard InChI is InChI=1S/C17H18O3S/c1-17(18,13-5-3-2-4-6-13)12-21-14-7-8-15-16(11-14)20-10-9-19-15/h2-8,11,18H,9-10,12H2,1H3. The quantitative estimate of drug-likeness (QED) is 0.878. The number of aliphatic hydroxyl groups is 1. The number of fused-ring (bicyclic) bond motifs is 1. The molecule has 110 valence electrons.